The summed E-state index contributed by atoms with van der Waals surface area (Å²) in [7, 11) is 0. The summed E-state index contributed by atoms with van der Waals surface area (Å²) < 4.78 is 8.60. The number of rotatable bonds is 8. The number of thiocarbonyl (C=S) groups is 1. The van der Waals surface area contributed by atoms with Gasteiger partial charge in [0.15, 0.2) is 0 Å². The van der Waals surface area contributed by atoms with Gasteiger partial charge >= 0.3 is 0 Å². The van der Waals surface area contributed by atoms with Crippen LogP contribution in [0, 0.1) is 0 Å². The van der Waals surface area contributed by atoms with Crippen molar-refractivity contribution >= 4 is 62.8 Å². The van der Waals surface area contributed by atoms with Gasteiger partial charge in [-0.3, -0.25) is 14.7 Å². The SMILES string of the molecule is O=C1/C(=C/c2cn(CCCOc3ccccc3Cl)c3ccccc23)SC(=S)N1Cc1cccnc1. The van der Waals surface area contributed by atoms with Crippen LogP contribution in [-0.4, -0.2) is 31.3 Å². The van der Waals surface area contributed by atoms with Crippen molar-refractivity contribution in [2.75, 3.05) is 6.61 Å². The minimum Gasteiger partial charge on any atom is -0.492 e. The van der Waals surface area contributed by atoms with Crippen molar-refractivity contribution in [3.63, 3.8) is 0 Å². The fraction of sp³-hybridized carbons (Fsp3) is 0.148. The molecule has 1 amide bonds. The summed E-state index contributed by atoms with van der Waals surface area (Å²) in [5.41, 5.74) is 3.05. The van der Waals surface area contributed by atoms with E-state index in [0.717, 1.165) is 35.0 Å². The first-order valence-electron chi connectivity index (χ1n) is 11.2. The van der Waals surface area contributed by atoms with Gasteiger partial charge in [-0.2, -0.15) is 0 Å². The summed E-state index contributed by atoms with van der Waals surface area (Å²) in [6.45, 7) is 1.75. The van der Waals surface area contributed by atoms with Gasteiger partial charge in [0, 0.05) is 41.6 Å². The lowest BCUT2D eigenvalue weighted by molar-refractivity contribution is -0.122. The lowest BCUT2D eigenvalue weighted by atomic mass is 10.1. The summed E-state index contributed by atoms with van der Waals surface area (Å²) >= 11 is 13.0. The summed E-state index contributed by atoms with van der Waals surface area (Å²) in [5, 5.41) is 1.71. The molecule has 1 aliphatic heterocycles. The summed E-state index contributed by atoms with van der Waals surface area (Å²) in [5.74, 6) is 0.620. The normalized spacial score (nSPS) is 14.9. The van der Waals surface area contributed by atoms with Gasteiger partial charge in [0.05, 0.1) is 23.1 Å². The second kappa shape index (κ2) is 10.6. The molecule has 0 unspecified atom stereocenters. The third kappa shape index (κ3) is 5.27. The first-order chi connectivity index (χ1) is 17.1. The van der Waals surface area contributed by atoms with E-state index in [0.29, 0.717) is 33.1 Å². The highest BCUT2D eigenvalue weighted by Crippen LogP contribution is 2.35. The minimum absolute atomic E-state index is 0.0752. The third-order valence-corrected chi connectivity index (χ3v) is 7.37. The van der Waals surface area contributed by atoms with E-state index in [1.807, 2.05) is 54.6 Å². The van der Waals surface area contributed by atoms with Crippen molar-refractivity contribution < 1.29 is 9.53 Å². The first kappa shape index (κ1) is 23.6. The Hall–Kier alpha value is -3.13. The number of halogens is 1. The molecule has 0 bridgehead atoms. The molecule has 1 fully saturated rings. The average Bonchev–Trinajstić information content (AvgIpc) is 3.35. The number of nitrogens with zero attached hydrogens (tertiary/aromatic N) is 3. The predicted octanol–water partition coefficient (Wildman–Crippen LogP) is 6.56. The largest absolute Gasteiger partial charge is 0.492 e. The van der Waals surface area contributed by atoms with Gasteiger partial charge in [-0.1, -0.05) is 72.0 Å². The number of para-hydroxylation sites is 2. The number of thioether (sulfide) groups is 1. The number of fused-ring (bicyclic) bond motifs is 1. The van der Waals surface area contributed by atoms with Gasteiger partial charge in [0.1, 0.15) is 10.1 Å². The number of aromatic nitrogens is 2. The zero-order valence-electron chi connectivity index (χ0n) is 18.8. The average molecular weight is 520 g/mol. The van der Waals surface area contributed by atoms with E-state index in [-0.39, 0.29) is 5.91 Å². The highest BCUT2D eigenvalue weighted by atomic mass is 35.5. The number of hydrogen-bond donors (Lipinski definition) is 0. The second-order valence-corrected chi connectivity index (χ2v) is 10.1. The van der Waals surface area contributed by atoms with Crippen LogP contribution in [0.25, 0.3) is 17.0 Å². The minimum atomic E-state index is -0.0752. The molecule has 176 valence electrons. The molecule has 1 aliphatic rings. The Morgan fingerprint density at radius 3 is 2.74 bits per heavy atom. The predicted molar refractivity (Wildman–Crippen MR) is 146 cm³/mol. The maximum absolute atomic E-state index is 13.1. The molecule has 1 saturated heterocycles. The molecule has 5 rings (SSSR count). The van der Waals surface area contributed by atoms with Crippen LogP contribution in [0.3, 0.4) is 0 Å². The molecule has 35 heavy (non-hydrogen) atoms. The Morgan fingerprint density at radius 2 is 1.91 bits per heavy atom. The number of amides is 1. The first-order valence-corrected chi connectivity index (χ1v) is 12.8. The number of pyridine rings is 1. The number of aryl methyl sites for hydroxylation is 1. The number of ether oxygens (including phenoxy) is 1. The molecule has 0 aliphatic carbocycles. The molecule has 0 spiro atoms. The molecule has 4 aromatic rings. The van der Waals surface area contributed by atoms with E-state index in [2.05, 4.69) is 27.9 Å². The van der Waals surface area contributed by atoms with E-state index < -0.39 is 0 Å². The maximum atomic E-state index is 13.1. The van der Waals surface area contributed by atoms with Gasteiger partial charge in [-0.15, -0.1) is 0 Å². The van der Waals surface area contributed by atoms with Crippen molar-refractivity contribution in [3.05, 3.63) is 100 Å². The molecular weight excluding hydrogens is 498 g/mol. The molecular formula is C27H22ClN3O2S2. The lowest BCUT2D eigenvalue weighted by Crippen LogP contribution is -2.27. The summed E-state index contributed by atoms with van der Waals surface area (Å²) in [6.07, 6.45) is 8.32. The fourth-order valence-corrected chi connectivity index (χ4v) is 5.44. The zero-order chi connectivity index (χ0) is 24.2. The molecule has 0 saturated carbocycles. The van der Waals surface area contributed by atoms with Gasteiger partial charge in [-0.25, -0.2) is 0 Å². The summed E-state index contributed by atoms with van der Waals surface area (Å²) in [4.78, 5) is 19.5. The van der Waals surface area contributed by atoms with Crippen molar-refractivity contribution in [2.24, 2.45) is 0 Å². The van der Waals surface area contributed by atoms with Crippen LogP contribution in [0.5, 0.6) is 5.75 Å². The Labute approximate surface area is 218 Å². The monoisotopic (exact) mass is 519 g/mol. The van der Waals surface area contributed by atoms with Gasteiger partial charge in [0.2, 0.25) is 0 Å². The number of hydrogen-bond acceptors (Lipinski definition) is 5. The van der Waals surface area contributed by atoms with Crippen LogP contribution < -0.4 is 4.74 Å². The Balaban J connectivity index is 1.32. The maximum Gasteiger partial charge on any atom is 0.266 e. The van der Waals surface area contributed by atoms with Crippen LogP contribution >= 0.6 is 35.6 Å². The standard InChI is InChI=1S/C27H22ClN3O2S2/c28-22-9-2-4-11-24(22)33-14-6-13-30-18-20(21-8-1-3-10-23(21)30)15-25-26(32)31(27(34)35-25)17-19-7-5-12-29-16-19/h1-5,7-12,15-16,18H,6,13-14,17H2/b25-15-. The number of carbonyl (C=O) groups is 1. The van der Waals surface area contributed by atoms with Crippen molar-refractivity contribution in [2.45, 2.75) is 19.5 Å². The Bertz CT molecular complexity index is 1420. The molecule has 0 N–H and O–H groups in total. The van der Waals surface area contributed by atoms with Crippen LogP contribution in [0.1, 0.15) is 17.5 Å². The van der Waals surface area contributed by atoms with Gasteiger partial charge in [0.25, 0.3) is 5.91 Å². The number of carbonyl (C=O) groups excluding carboxylic acids is 1. The fourth-order valence-electron chi connectivity index (χ4n) is 4.01. The Morgan fingerprint density at radius 1 is 1.09 bits per heavy atom. The van der Waals surface area contributed by atoms with E-state index in [1.54, 1.807) is 17.3 Å². The van der Waals surface area contributed by atoms with Crippen LogP contribution in [0.4, 0.5) is 0 Å². The molecule has 2 aromatic carbocycles. The van der Waals surface area contributed by atoms with Crippen molar-refractivity contribution in [1.82, 2.24) is 14.5 Å². The van der Waals surface area contributed by atoms with Crippen molar-refractivity contribution in [1.29, 1.82) is 0 Å². The number of benzene rings is 2. The molecule has 2 aromatic heterocycles. The molecule has 5 nitrogen and oxygen atoms in total. The summed E-state index contributed by atoms with van der Waals surface area (Å²) in [6, 6.07) is 19.5. The quantitative estimate of drug-likeness (QED) is 0.150. The van der Waals surface area contributed by atoms with E-state index in [1.165, 1.54) is 11.8 Å². The Kier molecular flexibility index (Phi) is 7.18. The van der Waals surface area contributed by atoms with Gasteiger partial charge in [-0.05, 0) is 42.3 Å². The molecule has 3 heterocycles. The van der Waals surface area contributed by atoms with E-state index in [4.69, 9.17) is 28.6 Å². The topological polar surface area (TPSA) is 47.4 Å². The highest BCUT2D eigenvalue weighted by molar-refractivity contribution is 8.26. The smallest absolute Gasteiger partial charge is 0.266 e. The van der Waals surface area contributed by atoms with E-state index >= 15 is 0 Å². The molecule has 0 atom stereocenters. The van der Waals surface area contributed by atoms with Crippen LogP contribution in [-0.2, 0) is 17.9 Å². The van der Waals surface area contributed by atoms with Crippen molar-refractivity contribution in [3.8, 4) is 5.75 Å². The zero-order valence-corrected chi connectivity index (χ0v) is 21.2. The molecule has 8 heteroatoms. The van der Waals surface area contributed by atoms with Crippen LogP contribution in [0.15, 0.2) is 84.2 Å². The third-order valence-electron chi connectivity index (χ3n) is 5.68. The van der Waals surface area contributed by atoms with Gasteiger partial charge < -0.3 is 9.30 Å². The highest BCUT2D eigenvalue weighted by Gasteiger charge is 2.32. The molecule has 0 radical (unpaired) electrons. The lowest BCUT2D eigenvalue weighted by Gasteiger charge is -2.13. The van der Waals surface area contributed by atoms with Crippen LogP contribution in [0.2, 0.25) is 5.02 Å². The van der Waals surface area contributed by atoms with E-state index in [9.17, 15) is 4.79 Å². The second-order valence-electron chi connectivity index (χ2n) is 8.06.